The fraction of sp³-hybridized carbons (Fsp3) is 0.640. The van der Waals surface area contributed by atoms with Gasteiger partial charge in [0.1, 0.15) is 11.6 Å². The Labute approximate surface area is 188 Å². The minimum absolute atomic E-state index is 0.0517. The molecule has 0 spiro atoms. The van der Waals surface area contributed by atoms with Crippen LogP contribution in [0, 0.1) is 23.2 Å². The SMILES string of the molecule is C[C@H]1c2nc(CC(=O)NCc3ccco3)cn2CCN1C(=O)C12CC3CC(CC(C3)C1)C2. The third-order valence-electron chi connectivity index (χ3n) is 8.41. The van der Waals surface area contributed by atoms with Gasteiger partial charge in [0.25, 0.3) is 0 Å². The molecule has 1 atom stereocenters. The topological polar surface area (TPSA) is 80.4 Å². The number of nitrogens with zero attached hydrogens (tertiary/aromatic N) is 3. The molecule has 1 N–H and O–H groups in total. The second kappa shape index (κ2) is 7.49. The summed E-state index contributed by atoms with van der Waals surface area (Å²) in [5, 5.41) is 2.88. The lowest BCUT2D eigenvalue weighted by Gasteiger charge is -2.57. The summed E-state index contributed by atoms with van der Waals surface area (Å²) >= 11 is 0. The molecule has 7 rings (SSSR count). The summed E-state index contributed by atoms with van der Waals surface area (Å²) in [6.45, 7) is 3.95. The van der Waals surface area contributed by atoms with E-state index in [0.717, 1.165) is 67.4 Å². The summed E-state index contributed by atoms with van der Waals surface area (Å²) < 4.78 is 7.39. The average molecular weight is 437 g/mol. The van der Waals surface area contributed by atoms with Gasteiger partial charge in [-0.15, -0.1) is 0 Å². The van der Waals surface area contributed by atoms with E-state index >= 15 is 0 Å². The lowest BCUT2D eigenvalue weighted by atomic mass is 9.49. The summed E-state index contributed by atoms with van der Waals surface area (Å²) in [5.41, 5.74) is 0.639. The van der Waals surface area contributed by atoms with Crippen LogP contribution in [0.3, 0.4) is 0 Å². The molecule has 32 heavy (non-hydrogen) atoms. The monoisotopic (exact) mass is 436 g/mol. The third-order valence-corrected chi connectivity index (χ3v) is 8.41. The molecule has 7 nitrogen and oxygen atoms in total. The molecule has 0 radical (unpaired) electrons. The number of nitrogens with one attached hydrogen (secondary N) is 1. The molecule has 5 aliphatic rings. The lowest BCUT2D eigenvalue weighted by Crippen LogP contribution is -2.56. The van der Waals surface area contributed by atoms with Crippen molar-refractivity contribution in [2.24, 2.45) is 23.2 Å². The van der Waals surface area contributed by atoms with E-state index in [9.17, 15) is 9.59 Å². The van der Waals surface area contributed by atoms with Crippen molar-refractivity contribution in [2.45, 2.75) is 71.0 Å². The number of carbonyl (C=O) groups is 2. The fourth-order valence-corrected chi connectivity index (χ4v) is 7.41. The van der Waals surface area contributed by atoms with E-state index in [4.69, 9.17) is 9.40 Å². The number of hydrogen-bond acceptors (Lipinski definition) is 4. The Kier molecular flexibility index (Phi) is 4.70. The van der Waals surface area contributed by atoms with Crippen molar-refractivity contribution < 1.29 is 14.0 Å². The molecule has 4 aliphatic carbocycles. The Morgan fingerprint density at radius 2 is 1.88 bits per heavy atom. The molecule has 4 bridgehead atoms. The Bertz CT molecular complexity index is 989. The van der Waals surface area contributed by atoms with Crippen molar-refractivity contribution in [1.29, 1.82) is 0 Å². The Hall–Kier alpha value is -2.57. The number of aromatic nitrogens is 2. The van der Waals surface area contributed by atoms with Gasteiger partial charge in [0.05, 0.1) is 36.4 Å². The van der Waals surface area contributed by atoms with Crippen LogP contribution in [0.5, 0.6) is 0 Å². The highest BCUT2D eigenvalue weighted by molar-refractivity contribution is 5.84. The highest BCUT2D eigenvalue weighted by atomic mass is 16.3. The van der Waals surface area contributed by atoms with Gasteiger partial charge in [0, 0.05) is 19.3 Å². The van der Waals surface area contributed by atoms with E-state index in [0.29, 0.717) is 12.5 Å². The van der Waals surface area contributed by atoms with Crippen LogP contribution in [0.2, 0.25) is 0 Å². The Balaban J connectivity index is 1.14. The molecular formula is C25H32N4O3. The number of amides is 2. The number of carbonyl (C=O) groups excluding carboxylic acids is 2. The highest BCUT2D eigenvalue weighted by Crippen LogP contribution is 2.61. The van der Waals surface area contributed by atoms with E-state index in [1.807, 2.05) is 18.3 Å². The van der Waals surface area contributed by atoms with Crippen LogP contribution in [-0.4, -0.2) is 32.8 Å². The van der Waals surface area contributed by atoms with Gasteiger partial charge in [0.15, 0.2) is 0 Å². The number of hydrogen-bond donors (Lipinski definition) is 1. The third kappa shape index (κ3) is 3.37. The molecule has 4 saturated carbocycles. The predicted octanol–water partition coefficient (Wildman–Crippen LogP) is 3.45. The van der Waals surface area contributed by atoms with Crippen LogP contribution < -0.4 is 5.32 Å². The zero-order valence-electron chi connectivity index (χ0n) is 18.8. The molecule has 2 aromatic heterocycles. The van der Waals surface area contributed by atoms with E-state index in [1.165, 1.54) is 19.3 Å². The summed E-state index contributed by atoms with van der Waals surface area (Å²) in [6, 6.07) is 3.60. The smallest absolute Gasteiger partial charge is 0.229 e. The molecule has 0 unspecified atom stereocenters. The van der Waals surface area contributed by atoms with Crippen molar-refractivity contribution in [3.63, 3.8) is 0 Å². The Morgan fingerprint density at radius 3 is 2.53 bits per heavy atom. The minimum atomic E-state index is -0.119. The fourth-order valence-electron chi connectivity index (χ4n) is 7.41. The van der Waals surface area contributed by atoms with Crippen molar-refractivity contribution >= 4 is 11.8 Å². The molecule has 1 aliphatic heterocycles. The zero-order valence-corrected chi connectivity index (χ0v) is 18.8. The van der Waals surface area contributed by atoms with Crippen molar-refractivity contribution in [3.8, 4) is 0 Å². The van der Waals surface area contributed by atoms with Gasteiger partial charge in [-0.3, -0.25) is 9.59 Å². The summed E-state index contributed by atoms with van der Waals surface area (Å²) in [5.74, 6) is 4.22. The van der Waals surface area contributed by atoms with Gasteiger partial charge >= 0.3 is 0 Å². The molecule has 3 heterocycles. The number of rotatable bonds is 5. The maximum absolute atomic E-state index is 13.9. The van der Waals surface area contributed by atoms with Crippen LogP contribution in [0.15, 0.2) is 29.0 Å². The molecule has 170 valence electrons. The highest BCUT2D eigenvalue weighted by Gasteiger charge is 2.56. The van der Waals surface area contributed by atoms with Crippen LogP contribution in [-0.2, 0) is 29.1 Å². The number of fused-ring (bicyclic) bond motifs is 1. The standard InChI is InChI=1S/C25H32N4O3/c1-16-23-27-20(10-22(30)26-14-21-3-2-6-32-21)15-28(23)4-5-29(16)24(31)25-11-17-7-18(12-25)9-19(8-17)13-25/h2-3,6,15-19H,4-5,7-14H2,1H3,(H,26,30)/t16-,17?,18?,19?,25?/m0/s1. The molecule has 7 heteroatoms. The quantitative estimate of drug-likeness (QED) is 0.778. The molecular weight excluding hydrogens is 404 g/mol. The van der Waals surface area contributed by atoms with E-state index in [1.54, 1.807) is 6.26 Å². The maximum Gasteiger partial charge on any atom is 0.229 e. The van der Waals surface area contributed by atoms with E-state index in [2.05, 4.69) is 21.7 Å². The summed E-state index contributed by atoms with van der Waals surface area (Å²) in [4.78, 5) is 33.1. The van der Waals surface area contributed by atoms with Gasteiger partial charge in [0.2, 0.25) is 11.8 Å². The minimum Gasteiger partial charge on any atom is -0.467 e. The lowest BCUT2D eigenvalue weighted by molar-refractivity contribution is -0.161. The van der Waals surface area contributed by atoms with Crippen LogP contribution in [0.25, 0.3) is 0 Å². The normalized spacial score (nSPS) is 32.7. The van der Waals surface area contributed by atoms with Crippen molar-refractivity contribution in [2.75, 3.05) is 6.54 Å². The molecule has 2 aromatic rings. The largest absolute Gasteiger partial charge is 0.467 e. The summed E-state index contributed by atoms with van der Waals surface area (Å²) in [6.07, 6.45) is 11.1. The first-order chi connectivity index (χ1) is 15.5. The van der Waals surface area contributed by atoms with Crippen molar-refractivity contribution in [1.82, 2.24) is 19.8 Å². The first-order valence-electron chi connectivity index (χ1n) is 12.2. The molecule has 0 saturated heterocycles. The molecule has 2 amide bonds. The van der Waals surface area contributed by atoms with Crippen LogP contribution in [0.4, 0.5) is 0 Å². The summed E-state index contributed by atoms with van der Waals surface area (Å²) in [7, 11) is 0. The maximum atomic E-state index is 13.9. The number of imidazole rings is 1. The van der Waals surface area contributed by atoms with Crippen LogP contribution >= 0.6 is 0 Å². The van der Waals surface area contributed by atoms with Crippen molar-refractivity contribution in [3.05, 3.63) is 41.9 Å². The van der Waals surface area contributed by atoms with Gasteiger partial charge in [-0.25, -0.2) is 4.98 Å². The molecule has 0 aromatic carbocycles. The first-order valence-corrected chi connectivity index (χ1v) is 12.2. The van der Waals surface area contributed by atoms with E-state index < -0.39 is 0 Å². The van der Waals surface area contributed by atoms with Gasteiger partial charge in [-0.05, 0) is 75.3 Å². The first kappa shape index (κ1) is 20.1. The second-order valence-electron chi connectivity index (χ2n) is 10.7. The molecule has 4 fully saturated rings. The van der Waals surface area contributed by atoms with Gasteiger partial charge in [-0.1, -0.05) is 0 Å². The van der Waals surface area contributed by atoms with Crippen LogP contribution in [0.1, 0.15) is 68.8 Å². The van der Waals surface area contributed by atoms with E-state index in [-0.39, 0.29) is 23.8 Å². The van der Waals surface area contributed by atoms with Gasteiger partial charge < -0.3 is 19.2 Å². The Morgan fingerprint density at radius 1 is 1.16 bits per heavy atom. The average Bonchev–Trinajstić information content (AvgIpc) is 3.41. The number of furan rings is 1. The van der Waals surface area contributed by atoms with Gasteiger partial charge in [-0.2, -0.15) is 0 Å². The second-order valence-corrected chi connectivity index (χ2v) is 10.7. The zero-order chi connectivity index (χ0) is 21.9. The predicted molar refractivity (Wildman–Crippen MR) is 117 cm³/mol.